The molecule has 0 amide bonds. The summed E-state index contributed by atoms with van der Waals surface area (Å²) in [7, 11) is 0. The molecular weight excluding hydrogens is 186 g/mol. The minimum atomic E-state index is -0.227. The van der Waals surface area contributed by atoms with E-state index in [4.69, 9.17) is 5.11 Å². The highest BCUT2D eigenvalue weighted by atomic mass is 32.1. The van der Waals surface area contributed by atoms with Gasteiger partial charge in [-0.25, -0.2) is 0 Å². The number of aliphatic hydroxyl groups excluding tert-OH is 1. The van der Waals surface area contributed by atoms with E-state index in [1.807, 2.05) is 26.2 Å². The number of hydrogen-bond acceptors (Lipinski definition) is 3. The predicted octanol–water partition coefficient (Wildman–Crippen LogP) is 1.24. The summed E-state index contributed by atoms with van der Waals surface area (Å²) >= 11 is 1.21. The van der Waals surface area contributed by atoms with Crippen molar-refractivity contribution in [3.8, 4) is 0 Å². The van der Waals surface area contributed by atoms with Gasteiger partial charge in [0.25, 0.3) is 0 Å². The fraction of sp³-hybridized carbons (Fsp3) is 0.667. The van der Waals surface area contributed by atoms with Crippen molar-refractivity contribution in [1.82, 2.24) is 4.57 Å². The van der Waals surface area contributed by atoms with E-state index >= 15 is 0 Å². The first kappa shape index (κ1) is 10.5. The van der Waals surface area contributed by atoms with Crippen LogP contribution in [0.15, 0.2) is 10.2 Å². The van der Waals surface area contributed by atoms with Crippen molar-refractivity contribution in [3.05, 3.63) is 20.7 Å². The quantitative estimate of drug-likeness (QED) is 0.799. The third-order valence-electron chi connectivity index (χ3n) is 1.99. The molecular formula is C9H15NO2S. The van der Waals surface area contributed by atoms with E-state index in [9.17, 15) is 4.79 Å². The molecule has 0 saturated carbocycles. The van der Waals surface area contributed by atoms with Gasteiger partial charge in [0.1, 0.15) is 0 Å². The molecule has 74 valence electrons. The fourth-order valence-electron chi connectivity index (χ4n) is 1.07. The Kier molecular flexibility index (Phi) is 2.93. The molecule has 1 N–H and O–H groups in total. The fourth-order valence-corrected chi connectivity index (χ4v) is 1.81. The topological polar surface area (TPSA) is 42.2 Å². The van der Waals surface area contributed by atoms with E-state index in [1.54, 1.807) is 4.57 Å². The number of aromatic nitrogens is 1. The van der Waals surface area contributed by atoms with E-state index in [1.165, 1.54) is 11.3 Å². The molecule has 0 bridgehead atoms. The average Bonchev–Trinajstić information content (AvgIpc) is 2.36. The summed E-state index contributed by atoms with van der Waals surface area (Å²) in [5.41, 5.74) is 0.742. The molecule has 0 aliphatic carbocycles. The Balaban J connectivity index is 2.92. The number of hydrogen-bond donors (Lipinski definition) is 1. The Morgan fingerprint density at radius 3 is 2.62 bits per heavy atom. The molecule has 1 rings (SSSR count). The smallest absolute Gasteiger partial charge is 0.307 e. The SMILES string of the molecule is Cc1csc(=O)n1CC(C)(C)CO. The van der Waals surface area contributed by atoms with Gasteiger partial charge in [-0.1, -0.05) is 25.2 Å². The maximum atomic E-state index is 11.3. The summed E-state index contributed by atoms with van der Waals surface area (Å²) in [6.07, 6.45) is 0. The highest BCUT2D eigenvalue weighted by Gasteiger charge is 2.19. The van der Waals surface area contributed by atoms with Crippen molar-refractivity contribution in [2.45, 2.75) is 27.3 Å². The van der Waals surface area contributed by atoms with Crippen molar-refractivity contribution in [2.75, 3.05) is 6.61 Å². The van der Waals surface area contributed by atoms with Crippen LogP contribution < -0.4 is 4.87 Å². The van der Waals surface area contributed by atoms with Crippen LogP contribution in [0.5, 0.6) is 0 Å². The minimum Gasteiger partial charge on any atom is -0.396 e. The molecule has 1 aromatic heterocycles. The first-order valence-corrected chi connectivity index (χ1v) is 5.10. The van der Waals surface area contributed by atoms with E-state index < -0.39 is 0 Å². The summed E-state index contributed by atoms with van der Waals surface area (Å²) in [4.78, 5) is 11.4. The Labute approximate surface area is 81.6 Å². The van der Waals surface area contributed by atoms with Gasteiger partial charge in [0, 0.05) is 29.6 Å². The van der Waals surface area contributed by atoms with Crippen molar-refractivity contribution in [1.29, 1.82) is 0 Å². The largest absolute Gasteiger partial charge is 0.396 e. The first-order valence-electron chi connectivity index (χ1n) is 4.22. The maximum Gasteiger partial charge on any atom is 0.307 e. The lowest BCUT2D eigenvalue weighted by molar-refractivity contribution is 0.139. The molecule has 0 unspecified atom stereocenters. The molecule has 0 aliphatic heterocycles. The molecule has 0 fully saturated rings. The molecule has 13 heavy (non-hydrogen) atoms. The Morgan fingerprint density at radius 2 is 2.23 bits per heavy atom. The number of aliphatic hydroxyl groups is 1. The van der Waals surface area contributed by atoms with Gasteiger partial charge in [0.15, 0.2) is 0 Å². The van der Waals surface area contributed by atoms with Crippen molar-refractivity contribution in [3.63, 3.8) is 0 Å². The number of nitrogens with zero attached hydrogens (tertiary/aromatic N) is 1. The summed E-state index contributed by atoms with van der Waals surface area (Å²) in [6, 6.07) is 0. The molecule has 3 nitrogen and oxygen atoms in total. The van der Waals surface area contributed by atoms with Gasteiger partial charge in [0.05, 0.1) is 0 Å². The second-order valence-corrected chi connectivity index (χ2v) is 4.87. The van der Waals surface area contributed by atoms with Gasteiger partial charge in [0.2, 0.25) is 0 Å². The molecule has 0 radical (unpaired) electrons. The van der Waals surface area contributed by atoms with Gasteiger partial charge < -0.3 is 9.67 Å². The average molecular weight is 201 g/mol. The molecule has 0 saturated heterocycles. The van der Waals surface area contributed by atoms with E-state index in [-0.39, 0.29) is 16.9 Å². The van der Waals surface area contributed by atoms with Crippen LogP contribution in [0, 0.1) is 12.3 Å². The Bertz CT molecular complexity index is 338. The highest BCUT2D eigenvalue weighted by Crippen LogP contribution is 2.17. The van der Waals surface area contributed by atoms with Crippen LogP contribution in [0.4, 0.5) is 0 Å². The summed E-state index contributed by atoms with van der Waals surface area (Å²) in [5, 5.41) is 10.9. The molecule has 0 atom stereocenters. The summed E-state index contributed by atoms with van der Waals surface area (Å²) < 4.78 is 1.71. The summed E-state index contributed by atoms with van der Waals surface area (Å²) in [6.45, 7) is 6.46. The normalized spacial score (nSPS) is 12.0. The second kappa shape index (κ2) is 3.64. The third kappa shape index (κ3) is 2.42. The summed E-state index contributed by atoms with van der Waals surface area (Å²) in [5.74, 6) is 0. The molecule has 0 spiro atoms. The second-order valence-electron chi connectivity index (χ2n) is 4.05. The standard InChI is InChI=1S/C9H15NO2S/c1-7-4-13-8(12)10(7)5-9(2,3)6-11/h4,11H,5-6H2,1-3H3. The van der Waals surface area contributed by atoms with Crippen LogP contribution in [0.3, 0.4) is 0 Å². The lowest BCUT2D eigenvalue weighted by atomic mass is 9.95. The van der Waals surface area contributed by atoms with Crippen LogP contribution in [0.1, 0.15) is 19.5 Å². The zero-order valence-corrected chi connectivity index (χ0v) is 9.02. The number of rotatable bonds is 3. The highest BCUT2D eigenvalue weighted by molar-refractivity contribution is 7.07. The molecule has 4 heteroatoms. The maximum absolute atomic E-state index is 11.3. The van der Waals surface area contributed by atoms with Gasteiger partial charge in [-0.05, 0) is 6.92 Å². The zero-order valence-electron chi connectivity index (χ0n) is 8.20. The van der Waals surface area contributed by atoms with Gasteiger partial charge in [-0.2, -0.15) is 0 Å². The third-order valence-corrected chi connectivity index (χ3v) is 2.87. The van der Waals surface area contributed by atoms with Crippen molar-refractivity contribution in [2.24, 2.45) is 5.41 Å². The van der Waals surface area contributed by atoms with Gasteiger partial charge >= 0.3 is 4.87 Å². The first-order chi connectivity index (χ1) is 5.96. The van der Waals surface area contributed by atoms with E-state index in [0.29, 0.717) is 6.54 Å². The molecule has 0 aliphatic rings. The van der Waals surface area contributed by atoms with Crippen molar-refractivity contribution < 1.29 is 5.11 Å². The van der Waals surface area contributed by atoms with Crippen LogP contribution in [-0.4, -0.2) is 16.3 Å². The lowest BCUT2D eigenvalue weighted by Gasteiger charge is -2.22. The zero-order chi connectivity index (χ0) is 10.1. The number of thiazole rings is 1. The molecule has 1 aromatic rings. The predicted molar refractivity (Wildman–Crippen MR) is 54.2 cm³/mol. The Hall–Kier alpha value is -0.610. The van der Waals surface area contributed by atoms with Crippen LogP contribution in [0.25, 0.3) is 0 Å². The van der Waals surface area contributed by atoms with Crippen molar-refractivity contribution >= 4 is 11.3 Å². The number of aryl methyl sites for hydroxylation is 1. The van der Waals surface area contributed by atoms with E-state index in [0.717, 1.165) is 5.69 Å². The monoisotopic (exact) mass is 201 g/mol. The van der Waals surface area contributed by atoms with Gasteiger partial charge in [-0.3, -0.25) is 4.79 Å². The lowest BCUT2D eigenvalue weighted by Crippen LogP contribution is -2.28. The minimum absolute atomic E-state index is 0.0547. The van der Waals surface area contributed by atoms with Crippen LogP contribution in [-0.2, 0) is 6.54 Å². The Morgan fingerprint density at radius 1 is 1.62 bits per heavy atom. The van der Waals surface area contributed by atoms with E-state index in [2.05, 4.69) is 0 Å². The van der Waals surface area contributed by atoms with Gasteiger partial charge in [-0.15, -0.1) is 0 Å². The van der Waals surface area contributed by atoms with Crippen LogP contribution >= 0.6 is 11.3 Å². The molecule has 0 aromatic carbocycles. The molecule has 1 heterocycles. The van der Waals surface area contributed by atoms with Crippen LogP contribution in [0.2, 0.25) is 0 Å².